The molecular weight excluding hydrogens is 324 g/mol. The highest BCUT2D eigenvalue weighted by atomic mass is 16.5. The molecular formula is C23H34O3. The highest BCUT2D eigenvalue weighted by molar-refractivity contribution is 5.91. The van der Waals surface area contributed by atoms with E-state index in [2.05, 4.69) is 20.8 Å². The van der Waals surface area contributed by atoms with E-state index in [1.165, 1.54) is 44.8 Å². The number of carbonyl (C=O) groups excluding carboxylic acids is 2. The molecule has 4 aliphatic carbocycles. The van der Waals surface area contributed by atoms with Gasteiger partial charge in [0.25, 0.3) is 0 Å². The minimum atomic E-state index is -0.0365. The zero-order valence-corrected chi connectivity index (χ0v) is 16.8. The van der Waals surface area contributed by atoms with E-state index in [1.54, 1.807) is 0 Å². The summed E-state index contributed by atoms with van der Waals surface area (Å²) in [4.78, 5) is 24.2. The Kier molecular flexibility index (Phi) is 4.36. The summed E-state index contributed by atoms with van der Waals surface area (Å²) in [5, 5.41) is 0. The Hall–Kier alpha value is -1.12. The minimum Gasteiger partial charge on any atom is -0.469 e. The molecule has 0 aromatic heterocycles. The predicted octanol–water partition coefficient (Wildman–Crippen LogP) is 4.94. The highest BCUT2D eigenvalue weighted by Gasteiger charge is 2.60. The van der Waals surface area contributed by atoms with E-state index in [0.717, 1.165) is 37.0 Å². The summed E-state index contributed by atoms with van der Waals surface area (Å²) >= 11 is 0. The van der Waals surface area contributed by atoms with Gasteiger partial charge in [-0.15, -0.1) is 0 Å². The third-order valence-corrected chi connectivity index (χ3v) is 9.21. The van der Waals surface area contributed by atoms with Crippen LogP contribution in [-0.2, 0) is 14.3 Å². The number of ketones is 1. The van der Waals surface area contributed by atoms with Crippen LogP contribution in [-0.4, -0.2) is 18.9 Å². The summed E-state index contributed by atoms with van der Waals surface area (Å²) in [6, 6.07) is 0. The van der Waals surface area contributed by atoms with Crippen molar-refractivity contribution < 1.29 is 14.3 Å². The number of hydrogen-bond donors (Lipinski definition) is 0. The van der Waals surface area contributed by atoms with Gasteiger partial charge in [-0.2, -0.15) is 0 Å². The van der Waals surface area contributed by atoms with Gasteiger partial charge >= 0.3 is 5.97 Å². The number of esters is 1. The number of allylic oxidation sites excluding steroid dienone is 1. The molecule has 0 unspecified atom stereocenters. The Bertz CT molecular complexity index is 650. The predicted molar refractivity (Wildman–Crippen MR) is 101 cm³/mol. The molecule has 0 aromatic rings. The largest absolute Gasteiger partial charge is 0.469 e. The first-order chi connectivity index (χ1) is 12.3. The van der Waals surface area contributed by atoms with Crippen molar-refractivity contribution in [3.63, 3.8) is 0 Å². The van der Waals surface area contributed by atoms with Crippen LogP contribution in [0, 0.1) is 40.4 Å². The van der Waals surface area contributed by atoms with Crippen molar-refractivity contribution in [3.8, 4) is 0 Å². The molecule has 0 aromatic carbocycles. The lowest BCUT2D eigenvalue weighted by Gasteiger charge is -2.58. The Balaban J connectivity index is 1.61. The van der Waals surface area contributed by atoms with E-state index >= 15 is 0 Å². The molecule has 0 amide bonds. The number of hydrogen-bond acceptors (Lipinski definition) is 3. The number of fused-ring (bicyclic) bond motifs is 5. The van der Waals surface area contributed by atoms with Gasteiger partial charge in [-0.1, -0.05) is 26.3 Å². The molecule has 0 saturated heterocycles. The van der Waals surface area contributed by atoms with Crippen molar-refractivity contribution in [2.75, 3.05) is 7.11 Å². The molecule has 26 heavy (non-hydrogen) atoms. The summed E-state index contributed by atoms with van der Waals surface area (Å²) in [6.45, 7) is 6.98. The van der Waals surface area contributed by atoms with E-state index in [1.807, 2.05) is 6.08 Å². The number of rotatable bonds is 2. The molecule has 144 valence electrons. The zero-order chi connectivity index (χ0) is 18.7. The van der Waals surface area contributed by atoms with Crippen LogP contribution in [0.15, 0.2) is 11.6 Å². The van der Waals surface area contributed by atoms with Gasteiger partial charge < -0.3 is 4.74 Å². The van der Waals surface area contributed by atoms with E-state index in [9.17, 15) is 9.59 Å². The first-order valence-corrected chi connectivity index (χ1v) is 10.6. The molecule has 0 heterocycles. The maximum atomic E-state index is 12.2. The van der Waals surface area contributed by atoms with Crippen LogP contribution in [0.4, 0.5) is 0 Å². The molecule has 0 aliphatic heterocycles. The maximum absolute atomic E-state index is 12.2. The van der Waals surface area contributed by atoms with Gasteiger partial charge in [-0.3, -0.25) is 9.59 Å². The van der Waals surface area contributed by atoms with Gasteiger partial charge in [0.15, 0.2) is 5.78 Å². The Morgan fingerprint density at radius 1 is 1.12 bits per heavy atom. The van der Waals surface area contributed by atoms with Crippen LogP contribution in [0.25, 0.3) is 0 Å². The van der Waals surface area contributed by atoms with Gasteiger partial charge in [0.05, 0.1) is 13.0 Å². The fourth-order valence-electron chi connectivity index (χ4n) is 7.77. The third-order valence-electron chi connectivity index (χ3n) is 9.21. The van der Waals surface area contributed by atoms with Crippen LogP contribution < -0.4 is 0 Å². The quantitative estimate of drug-likeness (QED) is 0.656. The molecule has 3 saturated carbocycles. The lowest BCUT2D eigenvalue weighted by atomic mass is 9.46. The molecule has 0 N–H and O–H groups in total. The third kappa shape index (κ3) is 2.45. The van der Waals surface area contributed by atoms with Gasteiger partial charge in [0.2, 0.25) is 0 Å². The Morgan fingerprint density at radius 2 is 1.88 bits per heavy atom. The standard InChI is InChI=1S/C23H34O3/c1-14(21(25)26-4)18-7-8-19-17-6-5-15-13-16(24)9-11-22(15,2)20(17)10-12-23(18,19)3/h13-14,17-20H,5-12H2,1-4H3/t14-,17+,18-,19+,20+,22+,23-/m1/s1. The minimum absolute atomic E-state index is 0.00786. The average Bonchev–Trinajstić information content (AvgIpc) is 2.98. The van der Waals surface area contributed by atoms with Crippen molar-refractivity contribution in [1.82, 2.24) is 0 Å². The summed E-state index contributed by atoms with van der Waals surface area (Å²) in [7, 11) is 1.52. The smallest absolute Gasteiger partial charge is 0.308 e. The van der Waals surface area contributed by atoms with Gasteiger partial charge in [-0.05, 0) is 85.5 Å². The Labute approximate surface area is 157 Å². The number of ether oxygens (including phenoxy) is 1. The molecule has 0 radical (unpaired) electrons. The van der Waals surface area contributed by atoms with Gasteiger partial charge in [0, 0.05) is 6.42 Å². The molecule has 3 nitrogen and oxygen atoms in total. The van der Waals surface area contributed by atoms with Crippen molar-refractivity contribution in [2.45, 2.75) is 72.1 Å². The van der Waals surface area contributed by atoms with Gasteiger partial charge in [0.1, 0.15) is 0 Å². The first-order valence-electron chi connectivity index (χ1n) is 10.6. The monoisotopic (exact) mass is 358 g/mol. The molecule has 3 fully saturated rings. The van der Waals surface area contributed by atoms with Crippen LogP contribution in [0.1, 0.15) is 72.1 Å². The van der Waals surface area contributed by atoms with E-state index in [-0.39, 0.29) is 22.7 Å². The van der Waals surface area contributed by atoms with Crippen LogP contribution >= 0.6 is 0 Å². The van der Waals surface area contributed by atoms with Crippen molar-refractivity contribution in [2.24, 2.45) is 40.4 Å². The van der Waals surface area contributed by atoms with Crippen molar-refractivity contribution in [3.05, 3.63) is 11.6 Å². The molecule has 4 rings (SSSR count). The summed E-state index contributed by atoms with van der Waals surface area (Å²) < 4.78 is 5.07. The lowest BCUT2D eigenvalue weighted by molar-refractivity contribution is -0.150. The van der Waals surface area contributed by atoms with E-state index in [4.69, 9.17) is 4.74 Å². The lowest BCUT2D eigenvalue weighted by Crippen LogP contribution is -2.51. The fourth-order valence-corrected chi connectivity index (χ4v) is 7.77. The molecule has 0 spiro atoms. The molecule has 7 atom stereocenters. The number of carbonyl (C=O) groups is 2. The summed E-state index contributed by atoms with van der Waals surface area (Å²) in [6.07, 6.45) is 11.0. The topological polar surface area (TPSA) is 43.4 Å². The van der Waals surface area contributed by atoms with Gasteiger partial charge in [-0.25, -0.2) is 0 Å². The van der Waals surface area contributed by atoms with Crippen LogP contribution in [0.3, 0.4) is 0 Å². The second kappa shape index (κ2) is 6.21. The first kappa shape index (κ1) is 18.3. The van der Waals surface area contributed by atoms with Crippen molar-refractivity contribution >= 4 is 11.8 Å². The highest BCUT2D eigenvalue weighted by Crippen LogP contribution is 2.67. The SMILES string of the molecule is COC(=O)[C@H](C)[C@H]1CC[C@H]2[C@@H]3CCC4=CC(=O)CC[C@]4(C)[C@H]3CC[C@]12C. The van der Waals surface area contributed by atoms with Crippen LogP contribution in [0.5, 0.6) is 0 Å². The van der Waals surface area contributed by atoms with Crippen LogP contribution in [0.2, 0.25) is 0 Å². The normalized spacial score (nSPS) is 45.8. The maximum Gasteiger partial charge on any atom is 0.308 e. The van der Waals surface area contributed by atoms with E-state index < -0.39 is 0 Å². The molecule has 3 heteroatoms. The van der Waals surface area contributed by atoms with E-state index in [0.29, 0.717) is 11.7 Å². The summed E-state index contributed by atoms with van der Waals surface area (Å²) in [5.74, 6) is 2.98. The summed E-state index contributed by atoms with van der Waals surface area (Å²) in [5.41, 5.74) is 1.96. The second-order valence-electron chi connectivity index (χ2n) is 10.0. The second-order valence-corrected chi connectivity index (χ2v) is 10.0. The molecule has 4 aliphatic rings. The van der Waals surface area contributed by atoms with Crippen molar-refractivity contribution in [1.29, 1.82) is 0 Å². The Morgan fingerprint density at radius 3 is 2.62 bits per heavy atom. The average molecular weight is 359 g/mol. The number of methoxy groups -OCH3 is 1. The zero-order valence-electron chi connectivity index (χ0n) is 16.8. The fraction of sp³-hybridized carbons (Fsp3) is 0.826. The molecule has 0 bridgehead atoms.